The summed E-state index contributed by atoms with van der Waals surface area (Å²) in [4.78, 5) is 14.9. The Bertz CT molecular complexity index is 927. The third-order valence-electron chi connectivity index (χ3n) is 5.01. The third-order valence-corrected chi connectivity index (χ3v) is 6.83. The highest BCUT2D eigenvalue weighted by Crippen LogP contribution is 2.29. The molecule has 0 saturated carbocycles. The molecule has 28 heavy (non-hydrogen) atoms. The van der Waals surface area contributed by atoms with Gasteiger partial charge in [0.05, 0.1) is 31.3 Å². The lowest BCUT2D eigenvalue weighted by atomic mass is 10.1. The van der Waals surface area contributed by atoms with Crippen LogP contribution in [0.5, 0.6) is 11.5 Å². The molecular weight excluding hydrogens is 378 g/mol. The minimum Gasteiger partial charge on any atom is -0.493 e. The maximum absolute atomic E-state index is 12.9. The summed E-state index contributed by atoms with van der Waals surface area (Å²) >= 11 is 0. The zero-order chi connectivity index (χ0) is 20.1. The van der Waals surface area contributed by atoms with Gasteiger partial charge in [0.25, 0.3) is 0 Å². The highest BCUT2D eigenvalue weighted by Gasteiger charge is 2.33. The fourth-order valence-electron chi connectivity index (χ4n) is 3.58. The van der Waals surface area contributed by atoms with Crippen molar-refractivity contribution in [1.82, 2.24) is 4.90 Å². The molecule has 0 radical (unpaired) electrons. The van der Waals surface area contributed by atoms with E-state index in [0.29, 0.717) is 29.4 Å². The Kier molecular flexibility index (Phi) is 6.24. The number of methoxy groups -OCH3 is 2. The van der Waals surface area contributed by atoms with Crippen molar-refractivity contribution in [3.05, 3.63) is 54.1 Å². The third kappa shape index (κ3) is 4.47. The van der Waals surface area contributed by atoms with E-state index in [1.807, 2.05) is 6.07 Å². The summed E-state index contributed by atoms with van der Waals surface area (Å²) in [5, 5.41) is 0. The van der Waals surface area contributed by atoms with Gasteiger partial charge in [-0.3, -0.25) is 4.79 Å². The molecule has 2 aromatic carbocycles. The van der Waals surface area contributed by atoms with Crippen LogP contribution in [0.2, 0.25) is 0 Å². The van der Waals surface area contributed by atoms with E-state index in [2.05, 4.69) is 0 Å². The summed E-state index contributed by atoms with van der Waals surface area (Å²) in [6.45, 7) is 0.584. The Labute approximate surface area is 166 Å². The first-order valence-electron chi connectivity index (χ1n) is 9.23. The lowest BCUT2D eigenvalue weighted by Crippen LogP contribution is -2.40. The zero-order valence-electron chi connectivity index (χ0n) is 16.1. The Hall–Kier alpha value is -2.54. The van der Waals surface area contributed by atoms with Gasteiger partial charge in [0.15, 0.2) is 21.3 Å². The topological polar surface area (TPSA) is 72.9 Å². The van der Waals surface area contributed by atoms with Gasteiger partial charge in [0.1, 0.15) is 0 Å². The Balaban J connectivity index is 1.71. The van der Waals surface area contributed by atoms with E-state index in [9.17, 15) is 13.2 Å². The van der Waals surface area contributed by atoms with Gasteiger partial charge in [0, 0.05) is 12.6 Å². The predicted octanol–water partition coefficient (Wildman–Crippen LogP) is 2.71. The van der Waals surface area contributed by atoms with Crippen LogP contribution < -0.4 is 9.47 Å². The van der Waals surface area contributed by atoms with Gasteiger partial charge in [-0.25, -0.2) is 8.42 Å². The molecule has 1 atom stereocenters. The average Bonchev–Trinajstić information content (AvgIpc) is 3.16. The van der Waals surface area contributed by atoms with Crippen LogP contribution in [0.15, 0.2) is 53.4 Å². The van der Waals surface area contributed by atoms with Gasteiger partial charge in [-0.05, 0) is 42.7 Å². The van der Waals surface area contributed by atoms with Gasteiger partial charge < -0.3 is 14.4 Å². The monoisotopic (exact) mass is 403 g/mol. The van der Waals surface area contributed by atoms with Crippen LogP contribution in [0, 0.1) is 0 Å². The lowest BCUT2D eigenvalue weighted by molar-refractivity contribution is -0.130. The van der Waals surface area contributed by atoms with Crippen LogP contribution in [0.3, 0.4) is 0 Å². The fourth-order valence-corrected chi connectivity index (χ4v) is 5.20. The summed E-state index contributed by atoms with van der Waals surface area (Å²) in [6.07, 6.45) is 1.71. The zero-order valence-corrected chi connectivity index (χ0v) is 16.9. The summed E-state index contributed by atoms with van der Waals surface area (Å²) in [5.74, 6) is 1.05. The van der Waals surface area contributed by atoms with Gasteiger partial charge in [-0.2, -0.15) is 0 Å². The van der Waals surface area contributed by atoms with Crippen LogP contribution in [0.4, 0.5) is 0 Å². The normalized spacial score (nSPS) is 16.8. The molecule has 1 aliphatic heterocycles. The van der Waals surface area contributed by atoms with Crippen LogP contribution >= 0.6 is 0 Å². The van der Waals surface area contributed by atoms with Crippen molar-refractivity contribution < 1.29 is 22.7 Å². The maximum Gasteiger partial charge on any atom is 0.227 e. The van der Waals surface area contributed by atoms with E-state index in [-0.39, 0.29) is 24.1 Å². The van der Waals surface area contributed by atoms with E-state index < -0.39 is 9.84 Å². The summed E-state index contributed by atoms with van der Waals surface area (Å²) in [7, 11) is -0.323. The summed E-state index contributed by atoms with van der Waals surface area (Å²) < 4.78 is 35.9. The molecule has 1 heterocycles. The molecule has 0 spiro atoms. The van der Waals surface area contributed by atoms with E-state index in [4.69, 9.17) is 9.47 Å². The van der Waals surface area contributed by atoms with E-state index in [1.165, 1.54) is 0 Å². The van der Waals surface area contributed by atoms with Gasteiger partial charge in [0.2, 0.25) is 5.91 Å². The number of amides is 1. The SMILES string of the molecule is COc1ccc(CC(=O)N2CCCC2CS(=O)(=O)c2ccccc2)cc1OC. The Morgan fingerprint density at radius 3 is 2.46 bits per heavy atom. The molecule has 0 aliphatic carbocycles. The number of carbonyl (C=O) groups is 1. The highest BCUT2D eigenvalue weighted by atomic mass is 32.2. The fraction of sp³-hybridized carbons (Fsp3) is 0.381. The predicted molar refractivity (Wildman–Crippen MR) is 106 cm³/mol. The van der Waals surface area contributed by atoms with Crippen molar-refractivity contribution in [3.8, 4) is 11.5 Å². The first kappa shape index (κ1) is 20.2. The molecule has 1 saturated heterocycles. The molecule has 1 fully saturated rings. The molecule has 1 amide bonds. The van der Waals surface area contributed by atoms with Gasteiger partial charge >= 0.3 is 0 Å². The molecule has 0 aromatic heterocycles. The molecule has 1 unspecified atom stereocenters. The van der Waals surface area contributed by atoms with Crippen molar-refractivity contribution >= 4 is 15.7 Å². The van der Waals surface area contributed by atoms with Gasteiger partial charge in [-0.1, -0.05) is 24.3 Å². The molecule has 0 N–H and O–H groups in total. The van der Waals surface area contributed by atoms with E-state index >= 15 is 0 Å². The van der Waals surface area contributed by atoms with Gasteiger partial charge in [-0.15, -0.1) is 0 Å². The molecular formula is C21H25NO5S. The highest BCUT2D eigenvalue weighted by molar-refractivity contribution is 7.91. The second kappa shape index (κ2) is 8.65. The molecule has 0 bridgehead atoms. The van der Waals surface area contributed by atoms with Crippen LogP contribution in [-0.2, 0) is 21.1 Å². The number of benzene rings is 2. The lowest BCUT2D eigenvalue weighted by Gasteiger charge is -2.25. The first-order valence-corrected chi connectivity index (χ1v) is 10.9. The number of hydrogen-bond donors (Lipinski definition) is 0. The van der Waals surface area contributed by atoms with Crippen LogP contribution in [0.25, 0.3) is 0 Å². The number of likely N-dealkylation sites (tertiary alicyclic amines) is 1. The molecule has 2 aromatic rings. The Morgan fingerprint density at radius 2 is 1.79 bits per heavy atom. The number of carbonyl (C=O) groups excluding carboxylic acids is 1. The van der Waals surface area contributed by atoms with Crippen LogP contribution in [-0.4, -0.2) is 51.8 Å². The molecule has 3 rings (SSSR count). The molecule has 1 aliphatic rings. The minimum absolute atomic E-state index is 0.0469. The maximum atomic E-state index is 12.9. The van der Waals surface area contributed by atoms with E-state index in [0.717, 1.165) is 12.0 Å². The van der Waals surface area contributed by atoms with Crippen molar-refractivity contribution in [3.63, 3.8) is 0 Å². The van der Waals surface area contributed by atoms with Crippen molar-refractivity contribution in [2.45, 2.75) is 30.2 Å². The summed E-state index contributed by atoms with van der Waals surface area (Å²) in [6, 6.07) is 13.5. The Morgan fingerprint density at radius 1 is 1.07 bits per heavy atom. The standard InChI is InChI=1S/C21H25NO5S/c1-26-19-11-10-16(13-20(19)27-2)14-21(23)22-12-6-7-17(22)15-28(24,25)18-8-4-3-5-9-18/h3-5,8-11,13,17H,6-7,12,14-15H2,1-2H3. The second-order valence-electron chi connectivity index (χ2n) is 6.84. The van der Waals surface area contributed by atoms with Crippen LogP contribution in [0.1, 0.15) is 18.4 Å². The quantitative estimate of drug-likeness (QED) is 0.711. The van der Waals surface area contributed by atoms with Crippen molar-refractivity contribution in [2.75, 3.05) is 26.5 Å². The smallest absolute Gasteiger partial charge is 0.227 e. The summed E-state index contributed by atoms with van der Waals surface area (Å²) in [5.41, 5.74) is 0.805. The van der Waals surface area contributed by atoms with Crippen molar-refractivity contribution in [1.29, 1.82) is 0 Å². The molecule has 6 nitrogen and oxygen atoms in total. The number of ether oxygens (including phenoxy) is 2. The number of rotatable bonds is 7. The minimum atomic E-state index is -3.43. The number of sulfone groups is 1. The molecule has 150 valence electrons. The van der Waals surface area contributed by atoms with E-state index in [1.54, 1.807) is 61.6 Å². The number of hydrogen-bond acceptors (Lipinski definition) is 5. The number of nitrogens with zero attached hydrogens (tertiary/aromatic N) is 1. The average molecular weight is 404 g/mol. The largest absolute Gasteiger partial charge is 0.493 e. The first-order chi connectivity index (χ1) is 13.4. The van der Waals surface area contributed by atoms with Crippen molar-refractivity contribution in [2.24, 2.45) is 0 Å². The second-order valence-corrected chi connectivity index (χ2v) is 8.88. The molecule has 7 heteroatoms.